The second kappa shape index (κ2) is 7.72. The van der Waals surface area contributed by atoms with Crippen LogP contribution in [0.1, 0.15) is 10.5 Å². The molecule has 0 aliphatic rings. The Hall–Kier alpha value is -2.18. The largest absolute Gasteiger partial charge is 0.349 e. The first-order valence-corrected chi connectivity index (χ1v) is 7.21. The minimum Gasteiger partial charge on any atom is -0.349 e. The summed E-state index contributed by atoms with van der Waals surface area (Å²) in [7, 11) is 3.90. The highest BCUT2D eigenvalue weighted by Crippen LogP contribution is 2.17. The lowest BCUT2D eigenvalue weighted by Crippen LogP contribution is -2.31. The third-order valence-corrected chi connectivity index (χ3v) is 3.05. The van der Waals surface area contributed by atoms with Crippen LogP contribution in [0.15, 0.2) is 36.5 Å². The van der Waals surface area contributed by atoms with Gasteiger partial charge >= 0.3 is 0 Å². The van der Waals surface area contributed by atoms with Gasteiger partial charge in [0.05, 0.1) is 0 Å². The molecule has 0 bridgehead atoms. The van der Waals surface area contributed by atoms with Gasteiger partial charge in [0.1, 0.15) is 5.69 Å². The molecule has 2 aromatic rings. The number of halogens is 1. The minimum atomic E-state index is -0.224. The van der Waals surface area contributed by atoms with Gasteiger partial charge in [0.15, 0.2) is 0 Å². The van der Waals surface area contributed by atoms with Crippen LogP contribution in [0.4, 0.5) is 11.6 Å². The molecule has 2 rings (SSSR count). The van der Waals surface area contributed by atoms with Gasteiger partial charge in [-0.1, -0.05) is 17.7 Å². The fourth-order valence-corrected chi connectivity index (χ4v) is 1.91. The second-order valence-corrected chi connectivity index (χ2v) is 5.40. The Bertz CT molecular complexity index is 647. The Labute approximate surface area is 134 Å². The van der Waals surface area contributed by atoms with Gasteiger partial charge < -0.3 is 15.5 Å². The Morgan fingerprint density at radius 1 is 1.32 bits per heavy atom. The van der Waals surface area contributed by atoms with Crippen LogP contribution in [-0.4, -0.2) is 48.0 Å². The fraction of sp³-hybridized carbons (Fsp3) is 0.267. The zero-order valence-electron chi connectivity index (χ0n) is 12.5. The van der Waals surface area contributed by atoms with Gasteiger partial charge in [-0.05, 0) is 38.4 Å². The molecule has 0 spiro atoms. The molecule has 0 saturated heterocycles. The third-order valence-electron chi connectivity index (χ3n) is 2.81. The molecule has 2 N–H and O–H groups in total. The number of rotatable bonds is 6. The van der Waals surface area contributed by atoms with Crippen molar-refractivity contribution in [2.75, 3.05) is 32.5 Å². The molecule has 116 valence electrons. The van der Waals surface area contributed by atoms with Crippen LogP contribution in [0.3, 0.4) is 0 Å². The number of anilines is 2. The average Bonchev–Trinajstić information content (AvgIpc) is 2.47. The predicted octanol–water partition coefficient (Wildman–Crippen LogP) is 2.16. The van der Waals surface area contributed by atoms with Crippen molar-refractivity contribution in [1.29, 1.82) is 0 Å². The quantitative estimate of drug-likeness (QED) is 0.854. The number of hydrogen-bond acceptors (Lipinski definition) is 5. The van der Waals surface area contributed by atoms with Gasteiger partial charge in [0, 0.05) is 30.0 Å². The number of benzene rings is 1. The molecule has 0 saturated carbocycles. The molecule has 1 amide bonds. The van der Waals surface area contributed by atoms with E-state index in [4.69, 9.17) is 11.6 Å². The van der Waals surface area contributed by atoms with Crippen molar-refractivity contribution in [1.82, 2.24) is 20.2 Å². The van der Waals surface area contributed by atoms with Gasteiger partial charge in [0.2, 0.25) is 5.95 Å². The Kier molecular flexibility index (Phi) is 5.68. The van der Waals surface area contributed by atoms with Crippen LogP contribution in [0.5, 0.6) is 0 Å². The van der Waals surface area contributed by atoms with Crippen LogP contribution in [-0.2, 0) is 0 Å². The van der Waals surface area contributed by atoms with E-state index in [0.717, 1.165) is 12.2 Å². The minimum absolute atomic E-state index is 0.224. The summed E-state index contributed by atoms with van der Waals surface area (Å²) in [4.78, 5) is 22.3. The Morgan fingerprint density at radius 2 is 2.14 bits per heavy atom. The normalized spacial score (nSPS) is 10.5. The number of carbonyl (C=O) groups excluding carboxylic acids is 1. The summed E-state index contributed by atoms with van der Waals surface area (Å²) in [6.45, 7) is 1.33. The Morgan fingerprint density at radius 3 is 2.86 bits per heavy atom. The summed E-state index contributed by atoms with van der Waals surface area (Å²) >= 11 is 5.93. The predicted molar refractivity (Wildman–Crippen MR) is 87.7 cm³/mol. The molecular weight excluding hydrogens is 302 g/mol. The summed E-state index contributed by atoms with van der Waals surface area (Å²) in [5.74, 6) is 0.126. The van der Waals surface area contributed by atoms with E-state index in [9.17, 15) is 4.79 Å². The molecule has 1 heterocycles. The lowest BCUT2D eigenvalue weighted by molar-refractivity contribution is 0.0946. The van der Waals surface area contributed by atoms with Crippen molar-refractivity contribution >= 4 is 29.1 Å². The Balaban J connectivity index is 2.01. The lowest BCUT2D eigenvalue weighted by Gasteiger charge is -2.10. The molecular formula is C15H18ClN5O. The zero-order valence-corrected chi connectivity index (χ0v) is 13.3. The van der Waals surface area contributed by atoms with Crippen LogP contribution < -0.4 is 10.6 Å². The maximum Gasteiger partial charge on any atom is 0.270 e. The van der Waals surface area contributed by atoms with E-state index in [2.05, 4.69) is 20.6 Å². The molecule has 0 unspecified atom stereocenters. The first kappa shape index (κ1) is 16.2. The molecule has 6 nitrogen and oxygen atoms in total. The van der Waals surface area contributed by atoms with Crippen molar-refractivity contribution in [3.63, 3.8) is 0 Å². The zero-order chi connectivity index (χ0) is 15.9. The van der Waals surface area contributed by atoms with Crippen LogP contribution in [0, 0.1) is 0 Å². The highest BCUT2D eigenvalue weighted by atomic mass is 35.5. The SMILES string of the molecule is CN(C)CCNC(=O)c1ccnc(Nc2cccc(Cl)c2)n1. The molecule has 0 aliphatic heterocycles. The number of aromatic nitrogens is 2. The van der Waals surface area contributed by atoms with E-state index >= 15 is 0 Å². The summed E-state index contributed by atoms with van der Waals surface area (Å²) in [5.41, 5.74) is 1.08. The highest BCUT2D eigenvalue weighted by Gasteiger charge is 2.08. The number of carbonyl (C=O) groups is 1. The molecule has 1 aromatic carbocycles. The summed E-state index contributed by atoms with van der Waals surface area (Å²) < 4.78 is 0. The van der Waals surface area contributed by atoms with E-state index in [1.54, 1.807) is 24.4 Å². The van der Waals surface area contributed by atoms with Crippen molar-refractivity contribution in [3.8, 4) is 0 Å². The van der Waals surface area contributed by atoms with Gasteiger partial charge in [0.25, 0.3) is 5.91 Å². The highest BCUT2D eigenvalue weighted by molar-refractivity contribution is 6.30. The number of likely N-dealkylation sites (N-methyl/N-ethyl adjacent to an activating group) is 1. The standard InChI is InChI=1S/C15H18ClN5O/c1-21(2)9-8-17-14(22)13-6-7-18-15(20-13)19-12-5-3-4-11(16)10-12/h3-7,10H,8-9H2,1-2H3,(H,17,22)(H,18,19,20). The monoisotopic (exact) mass is 319 g/mol. The van der Waals surface area contributed by atoms with Crippen molar-refractivity contribution < 1.29 is 4.79 Å². The molecule has 1 aromatic heterocycles. The molecule has 0 atom stereocenters. The van der Waals surface area contributed by atoms with Crippen LogP contribution >= 0.6 is 11.6 Å². The number of amides is 1. The molecule has 0 aliphatic carbocycles. The van der Waals surface area contributed by atoms with E-state index in [0.29, 0.717) is 23.2 Å². The third kappa shape index (κ3) is 4.98. The van der Waals surface area contributed by atoms with Crippen molar-refractivity contribution in [3.05, 3.63) is 47.2 Å². The molecule has 0 fully saturated rings. The lowest BCUT2D eigenvalue weighted by atomic mass is 10.3. The molecule has 22 heavy (non-hydrogen) atoms. The topological polar surface area (TPSA) is 70.2 Å². The number of hydrogen-bond donors (Lipinski definition) is 2. The van der Waals surface area contributed by atoms with E-state index < -0.39 is 0 Å². The summed E-state index contributed by atoms with van der Waals surface area (Å²) in [5, 5.41) is 6.44. The first-order chi connectivity index (χ1) is 10.5. The van der Waals surface area contributed by atoms with Gasteiger partial charge in [-0.3, -0.25) is 4.79 Å². The van der Waals surface area contributed by atoms with Crippen LogP contribution in [0.25, 0.3) is 0 Å². The second-order valence-electron chi connectivity index (χ2n) is 4.96. The maximum atomic E-state index is 12.0. The van der Waals surface area contributed by atoms with E-state index in [-0.39, 0.29) is 5.91 Å². The number of nitrogens with one attached hydrogen (secondary N) is 2. The van der Waals surface area contributed by atoms with Crippen molar-refractivity contribution in [2.45, 2.75) is 0 Å². The van der Waals surface area contributed by atoms with E-state index in [1.807, 2.05) is 31.1 Å². The van der Waals surface area contributed by atoms with E-state index in [1.165, 1.54) is 0 Å². The van der Waals surface area contributed by atoms with Gasteiger partial charge in [-0.15, -0.1) is 0 Å². The first-order valence-electron chi connectivity index (χ1n) is 6.83. The number of nitrogens with zero attached hydrogens (tertiary/aromatic N) is 3. The average molecular weight is 320 g/mol. The summed E-state index contributed by atoms with van der Waals surface area (Å²) in [6.07, 6.45) is 1.54. The summed E-state index contributed by atoms with van der Waals surface area (Å²) in [6, 6.07) is 8.78. The smallest absolute Gasteiger partial charge is 0.270 e. The van der Waals surface area contributed by atoms with Crippen LogP contribution in [0.2, 0.25) is 5.02 Å². The molecule has 0 radical (unpaired) electrons. The van der Waals surface area contributed by atoms with Crippen molar-refractivity contribution in [2.24, 2.45) is 0 Å². The fourth-order valence-electron chi connectivity index (χ4n) is 1.72. The van der Waals surface area contributed by atoms with Gasteiger partial charge in [-0.25, -0.2) is 9.97 Å². The maximum absolute atomic E-state index is 12.0. The van der Waals surface area contributed by atoms with Gasteiger partial charge in [-0.2, -0.15) is 0 Å². The molecule has 7 heteroatoms.